The van der Waals surface area contributed by atoms with E-state index in [-0.39, 0.29) is 11.8 Å². The van der Waals surface area contributed by atoms with Gasteiger partial charge in [-0.25, -0.2) is 0 Å². The molecule has 0 radical (unpaired) electrons. The highest BCUT2D eigenvalue weighted by Gasteiger charge is 2.27. The van der Waals surface area contributed by atoms with Crippen LogP contribution in [0.5, 0.6) is 0 Å². The molecule has 2 aliphatic rings. The van der Waals surface area contributed by atoms with Crippen molar-refractivity contribution in [1.29, 1.82) is 0 Å². The topological polar surface area (TPSA) is 63.4 Å². The van der Waals surface area contributed by atoms with Gasteiger partial charge in [-0.05, 0) is 56.6 Å². The SMILES string of the molecule is CCC(=O)N1CCCC(c2ccc(C(=O)C3CCC(CN)CC3)cc2)C1. The number of hydrogen-bond donors (Lipinski definition) is 1. The summed E-state index contributed by atoms with van der Waals surface area (Å²) in [5.41, 5.74) is 7.84. The zero-order valence-electron chi connectivity index (χ0n) is 16.0. The van der Waals surface area contributed by atoms with Crippen LogP contribution in [0.2, 0.25) is 0 Å². The molecule has 3 rings (SSSR count). The molecule has 1 heterocycles. The lowest BCUT2D eigenvalue weighted by Crippen LogP contribution is -2.38. The van der Waals surface area contributed by atoms with Crippen molar-refractivity contribution >= 4 is 11.7 Å². The van der Waals surface area contributed by atoms with E-state index in [1.54, 1.807) is 0 Å². The standard InChI is InChI=1S/C22H32N2O2/c1-2-21(25)24-13-3-4-20(15-24)17-9-11-19(12-10-17)22(26)18-7-5-16(14-23)6-8-18/h9-12,16,18,20H,2-8,13-15,23H2,1H3. The molecule has 4 nitrogen and oxygen atoms in total. The minimum atomic E-state index is 0.163. The third kappa shape index (κ3) is 4.35. The number of carbonyl (C=O) groups is 2. The number of nitrogens with two attached hydrogens (primary N) is 1. The van der Waals surface area contributed by atoms with E-state index in [2.05, 4.69) is 12.1 Å². The average Bonchev–Trinajstić information content (AvgIpc) is 2.73. The van der Waals surface area contributed by atoms with Crippen LogP contribution in [0, 0.1) is 11.8 Å². The van der Waals surface area contributed by atoms with Crippen LogP contribution in [0.4, 0.5) is 0 Å². The Hall–Kier alpha value is -1.68. The van der Waals surface area contributed by atoms with Gasteiger partial charge in [0.2, 0.25) is 5.91 Å². The lowest BCUT2D eigenvalue weighted by molar-refractivity contribution is -0.132. The predicted molar refractivity (Wildman–Crippen MR) is 104 cm³/mol. The molecule has 1 atom stereocenters. The van der Waals surface area contributed by atoms with Crippen molar-refractivity contribution in [2.75, 3.05) is 19.6 Å². The molecule has 4 heteroatoms. The summed E-state index contributed by atoms with van der Waals surface area (Å²) < 4.78 is 0. The molecule has 1 aliphatic heterocycles. The van der Waals surface area contributed by atoms with Crippen LogP contribution < -0.4 is 5.73 Å². The molecule has 1 unspecified atom stereocenters. The van der Waals surface area contributed by atoms with Gasteiger partial charge >= 0.3 is 0 Å². The van der Waals surface area contributed by atoms with Crippen LogP contribution in [-0.4, -0.2) is 36.2 Å². The average molecular weight is 357 g/mol. The van der Waals surface area contributed by atoms with E-state index in [1.807, 2.05) is 24.0 Å². The van der Waals surface area contributed by atoms with Crippen LogP contribution in [-0.2, 0) is 4.79 Å². The molecule has 2 N–H and O–H groups in total. The molecular weight excluding hydrogens is 324 g/mol. The number of benzene rings is 1. The van der Waals surface area contributed by atoms with Gasteiger partial charge in [-0.15, -0.1) is 0 Å². The fraction of sp³-hybridized carbons (Fsp3) is 0.636. The molecule has 142 valence electrons. The van der Waals surface area contributed by atoms with Crippen LogP contribution >= 0.6 is 0 Å². The number of rotatable bonds is 5. The molecule has 1 aromatic carbocycles. The Bertz CT molecular complexity index is 618. The number of nitrogens with zero attached hydrogens (tertiary/aromatic N) is 1. The molecule has 1 aromatic rings. The summed E-state index contributed by atoms with van der Waals surface area (Å²) in [5, 5.41) is 0. The summed E-state index contributed by atoms with van der Waals surface area (Å²) >= 11 is 0. The summed E-state index contributed by atoms with van der Waals surface area (Å²) in [4.78, 5) is 26.7. The van der Waals surface area contributed by atoms with Crippen molar-refractivity contribution in [1.82, 2.24) is 4.90 Å². The molecule has 1 amide bonds. The molecule has 26 heavy (non-hydrogen) atoms. The highest BCUT2D eigenvalue weighted by molar-refractivity contribution is 5.97. The Balaban J connectivity index is 1.61. The maximum Gasteiger partial charge on any atom is 0.222 e. The number of likely N-dealkylation sites (tertiary alicyclic amines) is 1. The number of amides is 1. The zero-order valence-corrected chi connectivity index (χ0v) is 16.0. The molecule has 0 aromatic heterocycles. The van der Waals surface area contributed by atoms with Crippen molar-refractivity contribution in [3.05, 3.63) is 35.4 Å². The van der Waals surface area contributed by atoms with Crippen molar-refractivity contribution < 1.29 is 9.59 Å². The van der Waals surface area contributed by atoms with Gasteiger partial charge < -0.3 is 10.6 Å². The van der Waals surface area contributed by atoms with Crippen LogP contribution in [0.3, 0.4) is 0 Å². The zero-order chi connectivity index (χ0) is 18.5. The first-order chi connectivity index (χ1) is 12.6. The van der Waals surface area contributed by atoms with Gasteiger partial charge in [0.15, 0.2) is 5.78 Å². The molecule has 2 fully saturated rings. The second kappa shape index (κ2) is 8.81. The van der Waals surface area contributed by atoms with Gasteiger partial charge in [-0.3, -0.25) is 9.59 Å². The fourth-order valence-electron chi connectivity index (χ4n) is 4.51. The van der Waals surface area contributed by atoms with E-state index >= 15 is 0 Å². The Labute approximate surface area is 157 Å². The summed E-state index contributed by atoms with van der Waals surface area (Å²) in [6, 6.07) is 8.19. The van der Waals surface area contributed by atoms with E-state index in [0.717, 1.165) is 63.7 Å². The minimum absolute atomic E-state index is 0.163. The molecule has 1 saturated carbocycles. The molecular formula is C22H32N2O2. The lowest BCUT2D eigenvalue weighted by atomic mass is 9.78. The number of Topliss-reactive ketones (excluding diaryl/α,β-unsaturated/α-hetero) is 1. The van der Waals surface area contributed by atoms with Crippen molar-refractivity contribution in [3.8, 4) is 0 Å². The largest absolute Gasteiger partial charge is 0.342 e. The number of piperidine rings is 1. The van der Waals surface area contributed by atoms with Gasteiger partial charge in [0, 0.05) is 36.9 Å². The van der Waals surface area contributed by atoms with E-state index in [1.165, 1.54) is 5.56 Å². The molecule has 0 spiro atoms. The van der Waals surface area contributed by atoms with Gasteiger partial charge in [-0.2, -0.15) is 0 Å². The normalized spacial score (nSPS) is 26.5. The fourth-order valence-corrected chi connectivity index (χ4v) is 4.51. The quantitative estimate of drug-likeness (QED) is 0.817. The number of ketones is 1. The summed E-state index contributed by atoms with van der Waals surface area (Å²) in [7, 11) is 0. The number of carbonyl (C=O) groups excluding carboxylic acids is 2. The van der Waals surface area contributed by atoms with Gasteiger partial charge in [0.25, 0.3) is 0 Å². The van der Waals surface area contributed by atoms with Crippen LogP contribution in [0.1, 0.15) is 73.7 Å². The maximum absolute atomic E-state index is 12.8. The second-order valence-corrected chi connectivity index (χ2v) is 7.97. The summed E-state index contributed by atoms with van der Waals surface area (Å²) in [6.45, 7) is 4.36. The van der Waals surface area contributed by atoms with Gasteiger partial charge in [0.05, 0.1) is 0 Å². The predicted octanol–water partition coefficient (Wildman–Crippen LogP) is 3.75. The highest BCUT2D eigenvalue weighted by atomic mass is 16.2. The Morgan fingerprint density at radius 1 is 1.08 bits per heavy atom. The van der Waals surface area contributed by atoms with Crippen LogP contribution in [0.25, 0.3) is 0 Å². The molecule has 1 aliphatic carbocycles. The Kier molecular flexibility index (Phi) is 6.47. The van der Waals surface area contributed by atoms with E-state index < -0.39 is 0 Å². The maximum atomic E-state index is 12.8. The highest BCUT2D eigenvalue weighted by Crippen LogP contribution is 2.32. The first kappa shape index (κ1) is 19.1. The third-order valence-electron chi connectivity index (χ3n) is 6.29. The van der Waals surface area contributed by atoms with Gasteiger partial charge in [0.1, 0.15) is 0 Å². The number of hydrogen-bond acceptors (Lipinski definition) is 3. The summed E-state index contributed by atoms with van der Waals surface area (Å²) in [6.07, 6.45) is 6.85. The second-order valence-electron chi connectivity index (χ2n) is 7.97. The molecule has 0 bridgehead atoms. The molecule has 1 saturated heterocycles. The first-order valence-electron chi connectivity index (χ1n) is 10.2. The minimum Gasteiger partial charge on any atom is -0.342 e. The third-order valence-corrected chi connectivity index (χ3v) is 6.29. The Morgan fingerprint density at radius 2 is 1.77 bits per heavy atom. The lowest BCUT2D eigenvalue weighted by Gasteiger charge is -2.33. The first-order valence-corrected chi connectivity index (χ1v) is 10.2. The van der Waals surface area contributed by atoms with E-state index in [0.29, 0.717) is 24.0 Å². The van der Waals surface area contributed by atoms with Crippen LogP contribution in [0.15, 0.2) is 24.3 Å². The van der Waals surface area contributed by atoms with Crippen molar-refractivity contribution in [2.24, 2.45) is 17.6 Å². The van der Waals surface area contributed by atoms with E-state index in [4.69, 9.17) is 5.73 Å². The van der Waals surface area contributed by atoms with Gasteiger partial charge in [-0.1, -0.05) is 31.2 Å². The monoisotopic (exact) mass is 356 g/mol. The summed E-state index contributed by atoms with van der Waals surface area (Å²) in [5.74, 6) is 1.69. The van der Waals surface area contributed by atoms with Crippen molar-refractivity contribution in [2.45, 2.75) is 57.8 Å². The smallest absolute Gasteiger partial charge is 0.222 e. The van der Waals surface area contributed by atoms with Crippen molar-refractivity contribution in [3.63, 3.8) is 0 Å². The Morgan fingerprint density at radius 3 is 2.38 bits per heavy atom. The van der Waals surface area contributed by atoms with E-state index in [9.17, 15) is 9.59 Å².